The number of halogens is 3. The molecule has 0 unspecified atom stereocenters. The van der Waals surface area contributed by atoms with Gasteiger partial charge in [0.2, 0.25) is 5.91 Å². The number of rotatable bonds is 2. The topological polar surface area (TPSA) is 46.2 Å². The predicted octanol–water partition coefficient (Wildman–Crippen LogP) is 2.32. The van der Waals surface area contributed by atoms with Crippen molar-refractivity contribution in [1.29, 1.82) is 0 Å². The van der Waals surface area contributed by atoms with E-state index in [2.05, 4.69) is 5.32 Å². The predicted molar refractivity (Wildman–Crippen MR) is 53.8 cm³/mol. The summed E-state index contributed by atoms with van der Waals surface area (Å²) < 4.78 is 36.1. The third kappa shape index (κ3) is 2.64. The minimum Gasteiger partial charge on any atom is -0.326 e. The van der Waals surface area contributed by atoms with Crippen LogP contribution in [0.3, 0.4) is 0 Å². The summed E-state index contributed by atoms with van der Waals surface area (Å²) in [4.78, 5) is 22.4. The molecule has 0 spiro atoms. The molecule has 90 valence electrons. The highest BCUT2D eigenvalue weighted by Crippen LogP contribution is 2.27. The van der Waals surface area contributed by atoms with Crippen molar-refractivity contribution in [1.82, 2.24) is 0 Å². The number of ketones is 1. The number of carbonyl (C=O) groups excluding carboxylic acids is 2. The van der Waals surface area contributed by atoms with Gasteiger partial charge in [-0.2, -0.15) is 13.2 Å². The van der Waals surface area contributed by atoms with Crippen LogP contribution in [0.15, 0.2) is 18.2 Å². The number of hydrogen-bond donors (Lipinski definition) is 1. The average Bonchev–Trinajstić information content (AvgIpc) is 2.53. The van der Waals surface area contributed by atoms with Gasteiger partial charge in [0.05, 0.1) is 6.42 Å². The minimum absolute atomic E-state index is 0.0161. The highest BCUT2D eigenvalue weighted by atomic mass is 19.4. The zero-order chi connectivity index (χ0) is 12.6. The Morgan fingerprint density at radius 2 is 2.06 bits per heavy atom. The van der Waals surface area contributed by atoms with Crippen molar-refractivity contribution in [2.45, 2.75) is 19.0 Å². The van der Waals surface area contributed by atoms with Crippen molar-refractivity contribution in [2.24, 2.45) is 0 Å². The number of nitrogens with one attached hydrogen (secondary N) is 1. The van der Waals surface area contributed by atoms with E-state index in [9.17, 15) is 22.8 Å². The van der Waals surface area contributed by atoms with E-state index in [4.69, 9.17) is 0 Å². The molecular weight excluding hydrogens is 235 g/mol. The number of anilines is 1. The molecule has 6 heteroatoms. The third-order valence-electron chi connectivity index (χ3n) is 2.41. The summed E-state index contributed by atoms with van der Waals surface area (Å²) in [5, 5.41) is 2.54. The van der Waals surface area contributed by atoms with E-state index in [0.29, 0.717) is 11.3 Å². The average molecular weight is 243 g/mol. The molecule has 0 radical (unpaired) electrons. The molecule has 0 aliphatic carbocycles. The maximum absolute atomic E-state index is 12.0. The van der Waals surface area contributed by atoms with E-state index in [-0.39, 0.29) is 17.9 Å². The van der Waals surface area contributed by atoms with Gasteiger partial charge in [0.25, 0.3) is 0 Å². The van der Waals surface area contributed by atoms with Gasteiger partial charge in [-0.1, -0.05) is 0 Å². The Hall–Kier alpha value is -1.85. The Kier molecular flexibility index (Phi) is 2.65. The summed E-state index contributed by atoms with van der Waals surface area (Å²) in [6.45, 7) is 0. The van der Waals surface area contributed by atoms with Crippen molar-refractivity contribution < 1.29 is 22.8 Å². The Balaban J connectivity index is 2.22. The van der Waals surface area contributed by atoms with E-state index in [0.717, 1.165) is 0 Å². The van der Waals surface area contributed by atoms with Crippen LogP contribution < -0.4 is 5.32 Å². The van der Waals surface area contributed by atoms with Crippen molar-refractivity contribution in [3.63, 3.8) is 0 Å². The first kappa shape index (κ1) is 11.6. The van der Waals surface area contributed by atoms with Crippen LogP contribution in [0.25, 0.3) is 0 Å². The van der Waals surface area contributed by atoms with E-state index in [1.54, 1.807) is 0 Å². The van der Waals surface area contributed by atoms with Crippen molar-refractivity contribution in [3.8, 4) is 0 Å². The summed E-state index contributed by atoms with van der Waals surface area (Å²) in [5.74, 6) is -1.21. The summed E-state index contributed by atoms with van der Waals surface area (Å²) in [6.07, 6.45) is -5.89. The Morgan fingerprint density at radius 3 is 2.71 bits per heavy atom. The lowest BCUT2D eigenvalue weighted by atomic mass is 10.0. The second-order valence-electron chi connectivity index (χ2n) is 3.81. The van der Waals surface area contributed by atoms with Gasteiger partial charge >= 0.3 is 6.18 Å². The first-order valence-corrected chi connectivity index (χ1v) is 4.88. The van der Waals surface area contributed by atoms with Crippen LogP contribution in [-0.2, 0) is 11.2 Å². The smallest absolute Gasteiger partial charge is 0.326 e. The second-order valence-corrected chi connectivity index (χ2v) is 3.81. The normalized spacial score (nSPS) is 14.4. The fourth-order valence-electron chi connectivity index (χ4n) is 1.69. The lowest BCUT2D eigenvalue weighted by molar-refractivity contribution is -0.125. The quantitative estimate of drug-likeness (QED) is 0.810. The summed E-state index contributed by atoms with van der Waals surface area (Å²) in [7, 11) is 0. The molecule has 0 aromatic heterocycles. The van der Waals surface area contributed by atoms with Gasteiger partial charge in [-0.25, -0.2) is 0 Å². The number of hydrogen-bond acceptors (Lipinski definition) is 2. The first-order chi connectivity index (χ1) is 7.85. The van der Waals surface area contributed by atoms with Gasteiger partial charge in [-0.3, -0.25) is 9.59 Å². The van der Waals surface area contributed by atoms with Gasteiger partial charge in [0, 0.05) is 11.3 Å². The van der Waals surface area contributed by atoms with Crippen LogP contribution in [0, 0.1) is 0 Å². The van der Waals surface area contributed by atoms with Crippen molar-refractivity contribution in [3.05, 3.63) is 29.3 Å². The molecule has 17 heavy (non-hydrogen) atoms. The lowest BCUT2D eigenvalue weighted by Crippen LogP contribution is -2.15. The highest BCUT2D eigenvalue weighted by molar-refractivity contribution is 6.02. The molecule has 1 aromatic carbocycles. The third-order valence-corrected chi connectivity index (χ3v) is 2.41. The molecule has 1 aliphatic rings. The van der Waals surface area contributed by atoms with Crippen molar-refractivity contribution >= 4 is 17.4 Å². The number of benzene rings is 1. The largest absolute Gasteiger partial charge is 0.396 e. The number of carbonyl (C=O) groups is 2. The highest BCUT2D eigenvalue weighted by Gasteiger charge is 2.32. The molecule has 0 saturated heterocycles. The fraction of sp³-hybridized carbons (Fsp3) is 0.273. The lowest BCUT2D eigenvalue weighted by Gasteiger charge is -2.06. The van der Waals surface area contributed by atoms with Crippen LogP contribution in [0.1, 0.15) is 22.3 Å². The molecule has 1 heterocycles. The molecular formula is C11H8F3NO2. The fourth-order valence-corrected chi connectivity index (χ4v) is 1.69. The van der Waals surface area contributed by atoms with Gasteiger partial charge in [-0.05, 0) is 23.8 Å². The maximum Gasteiger partial charge on any atom is 0.396 e. The van der Waals surface area contributed by atoms with Gasteiger partial charge < -0.3 is 5.32 Å². The molecule has 1 amide bonds. The minimum atomic E-state index is -4.51. The van der Waals surface area contributed by atoms with Gasteiger partial charge in [0.1, 0.15) is 6.42 Å². The summed E-state index contributed by atoms with van der Waals surface area (Å²) in [5.41, 5.74) is 1.10. The van der Waals surface area contributed by atoms with Crippen LogP contribution >= 0.6 is 0 Å². The summed E-state index contributed by atoms with van der Waals surface area (Å²) >= 11 is 0. The van der Waals surface area contributed by atoms with Crippen LogP contribution in [0.5, 0.6) is 0 Å². The standard InChI is InChI=1S/C11H8F3NO2/c12-11(13,14)5-9(16)6-1-2-8-7(3-6)4-10(17)15-8/h1-3H,4-5H2,(H,15,17). The van der Waals surface area contributed by atoms with Crippen molar-refractivity contribution in [2.75, 3.05) is 5.32 Å². The second kappa shape index (κ2) is 3.87. The zero-order valence-corrected chi connectivity index (χ0v) is 8.60. The van der Waals surface area contributed by atoms with E-state index < -0.39 is 18.4 Å². The molecule has 0 atom stereocenters. The van der Waals surface area contributed by atoms with Crippen LogP contribution in [0.2, 0.25) is 0 Å². The Bertz CT molecular complexity index is 494. The number of fused-ring (bicyclic) bond motifs is 1. The number of amides is 1. The maximum atomic E-state index is 12.0. The number of Topliss-reactive ketones (excluding diaryl/α,β-unsaturated/α-hetero) is 1. The SMILES string of the molecule is O=C1Cc2cc(C(=O)CC(F)(F)F)ccc2N1. The molecule has 1 aliphatic heterocycles. The van der Waals surface area contributed by atoms with Gasteiger partial charge in [0.15, 0.2) is 5.78 Å². The molecule has 0 fully saturated rings. The molecule has 0 saturated carbocycles. The van der Waals surface area contributed by atoms with E-state index in [1.165, 1.54) is 18.2 Å². The van der Waals surface area contributed by atoms with Gasteiger partial charge in [-0.15, -0.1) is 0 Å². The zero-order valence-electron chi connectivity index (χ0n) is 8.60. The Labute approximate surface area is 94.6 Å². The molecule has 1 aromatic rings. The summed E-state index contributed by atoms with van der Waals surface area (Å²) in [6, 6.07) is 4.07. The van der Waals surface area contributed by atoms with E-state index >= 15 is 0 Å². The van der Waals surface area contributed by atoms with E-state index in [1.807, 2.05) is 0 Å². The molecule has 0 bridgehead atoms. The Morgan fingerprint density at radius 1 is 1.35 bits per heavy atom. The first-order valence-electron chi connectivity index (χ1n) is 4.88. The molecule has 2 rings (SSSR count). The van der Waals surface area contributed by atoms with Crippen LogP contribution in [-0.4, -0.2) is 17.9 Å². The molecule has 1 N–H and O–H groups in total. The van der Waals surface area contributed by atoms with Crippen LogP contribution in [0.4, 0.5) is 18.9 Å². The molecule has 3 nitrogen and oxygen atoms in total. The number of alkyl halides is 3. The monoisotopic (exact) mass is 243 g/mol.